The van der Waals surface area contributed by atoms with E-state index in [4.69, 9.17) is 4.74 Å². The van der Waals surface area contributed by atoms with Gasteiger partial charge in [-0.15, -0.1) is 0 Å². The van der Waals surface area contributed by atoms with E-state index in [9.17, 15) is 9.90 Å². The van der Waals surface area contributed by atoms with E-state index < -0.39 is 5.97 Å². The summed E-state index contributed by atoms with van der Waals surface area (Å²) in [5, 5.41) is 9.19. The molecule has 0 radical (unpaired) electrons. The molecule has 1 aromatic rings. The van der Waals surface area contributed by atoms with Gasteiger partial charge in [0, 0.05) is 5.57 Å². The molecule has 0 aromatic heterocycles. The Balaban J connectivity index is 3.47. The van der Waals surface area contributed by atoms with E-state index in [0.717, 1.165) is 5.56 Å². The number of allylic oxidation sites excluding steroid dienone is 1. The highest BCUT2D eigenvalue weighted by atomic mass is 16.5. The number of ether oxygens (including phenoxy) is 1. The Morgan fingerprint density at radius 2 is 1.71 bits per heavy atom. The third-order valence-electron chi connectivity index (χ3n) is 2.44. The molecule has 0 aliphatic carbocycles. The molecule has 0 aliphatic heterocycles. The van der Waals surface area contributed by atoms with Crippen LogP contribution in [0.4, 0.5) is 0 Å². The van der Waals surface area contributed by atoms with E-state index in [1.54, 1.807) is 0 Å². The van der Waals surface area contributed by atoms with E-state index in [-0.39, 0.29) is 11.2 Å². The van der Waals surface area contributed by atoms with Crippen LogP contribution in [0.2, 0.25) is 0 Å². The summed E-state index contributed by atoms with van der Waals surface area (Å²) in [6.07, 6.45) is 0. The van der Waals surface area contributed by atoms with Gasteiger partial charge in [-0.25, -0.2) is 4.79 Å². The van der Waals surface area contributed by atoms with Gasteiger partial charge >= 0.3 is 5.97 Å². The Morgan fingerprint density at radius 3 is 2.06 bits per heavy atom. The van der Waals surface area contributed by atoms with Crippen molar-refractivity contribution >= 4 is 11.5 Å². The van der Waals surface area contributed by atoms with Crippen molar-refractivity contribution in [1.82, 2.24) is 0 Å². The molecule has 0 atom stereocenters. The molecule has 17 heavy (non-hydrogen) atoms. The molecule has 0 saturated heterocycles. The largest absolute Gasteiger partial charge is 0.490 e. The van der Waals surface area contributed by atoms with E-state index in [1.807, 2.05) is 51.1 Å². The van der Waals surface area contributed by atoms with Gasteiger partial charge in [-0.2, -0.15) is 0 Å². The van der Waals surface area contributed by atoms with Crippen LogP contribution in [0.15, 0.2) is 36.1 Å². The summed E-state index contributed by atoms with van der Waals surface area (Å²) in [6, 6.07) is 9.45. The Kier molecular flexibility index (Phi) is 3.94. The number of hydrogen-bond donors (Lipinski definition) is 1. The van der Waals surface area contributed by atoms with Gasteiger partial charge in [-0.3, -0.25) is 0 Å². The Bertz CT molecular complexity index is 425. The number of methoxy groups -OCH3 is 1. The molecule has 1 rings (SSSR count). The number of hydrogen-bond acceptors (Lipinski definition) is 2. The van der Waals surface area contributed by atoms with Crippen LogP contribution in [0.5, 0.6) is 0 Å². The van der Waals surface area contributed by atoms with Crippen molar-refractivity contribution in [3.05, 3.63) is 41.7 Å². The molecule has 3 heteroatoms. The summed E-state index contributed by atoms with van der Waals surface area (Å²) in [4.78, 5) is 11.2. The average Bonchev–Trinajstić information content (AvgIpc) is 2.24. The number of carboxylic acids is 1. The van der Waals surface area contributed by atoms with Gasteiger partial charge in [0.05, 0.1) is 7.11 Å². The lowest BCUT2D eigenvalue weighted by atomic mass is 9.81. The highest BCUT2D eigenvalue weighted by molar-refractivity contribution is 5.95. The molecule has 0 fully saturated rings. The summed E-state index contributed by atoms with van der Waals surface area (Å²) in [5.41, 5.74) is 1.28. The number of aliphatic carboxylic acids is 1. The number of benzene rings is 1. The molecule has 0 aliphatic rings. The molecule has 1 aromatic carbocycles. The van der Waals surface area contributed by atoms with E-state index in [2.05, 4.69) is 0 Å². The molecule has 0 unspecified atom stereocenters. The fourth-order valence-electron chi connectivity index (χ4n) is 1.81. The van der Waals surface area contributed by atoms with Crippen molar-refractivity contribution in [2.24, 2.45) is 5.41 Å². The second-order valence-corrected chi connectivity index (χ2v) is 4.83. The number of carboxylic acid groups (broad SMARTS) is 1. The van der Waals surface area contributed by atoms with Crippen LogP contribution in [-0.2, 0) is 9.53 Å². The number of rotatable bonds is 3. The summed E-state index contributed by atoms with van der Waals surface area (Å²) in [6.45, 7) is 5.91. The lowest BCUT2D eigenvalue weighted by Gasteiger charge is -2.25. The molecule has 0 heterocycles. The predicted octanol–water partition coefficient (Wildman–Crippen LogP) is 3.17. The first-order valence-corrected chi connectivity index (χ1v) is 5.45. The maximum Gasteiger partial charge on any atom is 0.371 e. The van der Waals surface area contributed by atoms with Crippen LogP contribution in [0.3, 0.4) is 0 Å². The van der Waals surface area contributed by atoms with Gasteiger partial charge in [0.2, 0.25) is 5.76 Å². The zero-order valence-corrected chi connectivity index (χ0v) is 10.7. The summed E-state index contributed by atoms with van der Waals surface area (Å²) in [5.74, 6) is -1.04. The molecular weight excluding hydrogens is 216 g/mol. The van der Waals surface area contributed by atoms with Crippen molar-refractivity contribution in [2.75, 3.05) is 7.11 Å². The zero-order chi connectivity index (χ0) is 13.1. The third kappa shape index (κ3) is 3.09. The van der Waals surface area contributed by atoms with E-state index in [1.165, 1.54) is 7.11 Å². The normalized spacial score (nSPS) is 12.9. The quantitative estimate of drug-likeness (QED) is 0.645. The fourth-order valence-corrected chi connectivity index (χ4v) is 1.81. The van der Waals surface area contributed by atoms with Crippen molar-refractivity contribution < 1.29 is 14.6 Å². The number of carbonyl (C=O) groups is 1. The lowest BCUT2D eigenvalue weighted by molar-refractivity contribution is -0.136. The summed E-state index contributed by atoms with van der Waals surface area (Å²) >= 11 is 0. The van der Waals surface area contributed by atoms with Crippen molar-refractivity contribution in [2.45, 2.75) is 20.8 Å². The van der Waals surface area contributed by atoms with Crippen LogP contribution >= 0.6 is 0 Å². The lowest BCUT2D eigenvalue weighted by Crippen LogP contribution is -2.16. The Labute approximate surface area is 102 Å². The fraction of sp³-hybridized carbons (Fsp3) is 0.357. The molecule has 1 N–H and O–H groups in total. The van der Waals surface area contributed by atoms with Gasteiger partial charge in [0.15, 0.2) is 0 Å². The second kappa shape index (κ2) is 5.04. The topological polar surface area (TPSA) is 46.5 Å². The molecule has 0 spiro atoms. The van der Waals surface area contributed by atoms with Crippen molar-refractivity contribution in [3.63, 3.8) is 0 Å². The van der Waals surface area contributed by atoms with Crippen LogP contribution in [0.25, 0.3) is 5.57 Å². The first-order valence-electron chi connectivity index (χ1n) is 5.45. The molecule has 3 nitrogen and oxygen atoms in total. The molecular formula is C14H18O3. The predicted molar refractivity (Wildman–Crippen MR) is 67.5 cm³/mol. The van der Waals surface area contributed by atoms with Gasteiger partial charge in [-0.1, -0.05) is 51.1 Å². The standard InChI is InChI=1S/C14H18O3/c1-14(2,3)11(12(17-4)13(15)16)10-8-6-5-7-9-10/h5-9H,1-4H3,(H,15,16). The Hall–Kier alpha value is -1.77. The minimum absolute atomic E-state index is 0.00343. The van der Waals surface area contributed by atoms with Crippen molar-refractivity contribution in [1.29, 1.82) is 0 Å². The highest BCUT2D eigenvalue weighted by Gasteiger charge is 2.27. The minimum atomic E-state index is -1.04. The van der Waals surface area contributed by atoms with Crippen LogP contribution in [-0.4, -0.2) is 18.2 Å². The summed E-state index contributed by atoms with van der Waals surface area (Å²) < 4.78 is 5.03. The molecule has 92 valence electrons. The second-order valence-electron chi connectivity index (χ2n) is 4.83. The minimum Gasteiger partial charge on any atom is -0.490 e. The van der Waals surface area contributed by atoms with Crippen LogP contribution in [0, 0.1) is 5.41 Å². The van der Waals surface area contributed by atoms with Crippen LogP contribution < -0.4 is 0 Å². The van der Waals surface area contributed by atoms with Gasteiger partial charge in [0.25, 0.3) is 0 Å². The SMILES string of the molecule is COC(C(=O)O)=C(c1ccccc1)C(C)(C)C. The van der Waals surface area contributed by atoms with Gasteiger partial charge in [-0.05, 0) is 11.0 Å². The maximum atomic E-state index is 11.2. The van der Waals surface area contributed by atoms with Gasteiger partial charge < -0.3 is 9.84 Å². The van der Waals surface area contributed by atoms with Gasteiger partial charge in [0.1, 0.15) is 0 Å². The zero-order valence-electron chi connectivity index (χ0n) is 10.7. The van der Waals surface area contributed by atoms with E-state index >= 15 is 0 Å². The smallest absolute Gasteiger partial charge is 0.371 e. The Morgan fingerprint density at radius 1 is 1.18 bits per heavy atom. The van der Waals surface area contributed by atoms with Crippen molar-refractivity contribution in [3.8, 4) is 0 Å². The average molecular weight is 234 g/mol. The summed E-state index contributed by atoms with van der Waals surface area (Å²) in [7, 11) is 1.39. The van der Waals surface area contributed by atoms with Crippen LogP contribution in [0.1, 0.15) is 26.3 Å². The molecule has 0 saturated carbocycles. The maximum absolute atomic E-state index is 11.2. The molecule has 0 bridgehead atoms. The first kappa shape index (κ1) is 13.3. The highest BCUT2D eigenvalue weighted by Crippen LogP contribution is 2.36. The first-order chi connectivity index (χ1) is 7.88. The van der Waals surface area contributed by atoms with E-state index in [0.29, 0.717) is 5.57 Å². The molecule has 0 amide bonds. The monoisotopic (exact) mass is 234 g/mol. The third-order valence-corrected chi connectivity index (χ3v) is 2.44.